The number of carbonyl (C=O) groups is 2. The molecule has 2 amide bonds. The minimum atomic E-state index is -0.0395. The number of nitrogens with one attached hydrogen (secondary N) is 2. The Morgan fingerprint density at radius 1 is 1.30 bits per heavy atom. The van der Waals surface area contributed by atoms with Gasteiger partial charge in [0.05, 0.1) is 6.04 Å². The zero-order valence-electron chi connectivity index (χ0n) is 12.0. The monoisotopic (exact) mass is 275 g/mol. The molecule has 1 aromatic rings. The van der Waals surface area contributed by atoms with Crippen LogP contribution in [0.3, 0.4) is 0 Å². The molecule has 2 unspecified atom stereocenters. The molecule has 1 saturated heterocycles. The molecule has 2 heterocycles. The minimum Gasteiger partial charge on any atom is -0.354 e. The molecule has 1 aliphatic carbocycles. The van der Waals surface area contributed by atoms with Crippen molar-refractivity contribution in [2.75, 3.05) is 6.54 Å². The zero-order chi connectivity index (χ0) is 14.3. The Balaban J connectivity index is 1.88. The quantitative estimate of drug-likeness (QED) is 0.816. The molecule has 20 heavy (non-hydrogen) atoms. The van der Waals surface area contributed by atoms with Crippen molar-refractivity contribution in [1.82, 2.24) is 15.2 Å². The van der Waals surface area contributed by atoms with Crippen LogP contribution in [0.5, 0.6) is 0 Å². The highest BCUT2D eigenvalue weighted by atomic mass is 16.2. The third-order valence-corrected chi connectivity index (χ3v) is 4.41. The normalized spacial score (nSPS) is 26.1. The van der Waals surface area contributed by atoms with Crippen molar-refractivity contribution in [2.24, 2.45) is 0 Å². The maximum absolute atomic E-state index is 12.7. The van der Waals surface area contributed by atoms with Gasteiger partial charge in [0.1, 0.15) is 12.2 Å². The summed E-state index contributed by atoms with van der Waals surface area (Å²) < 4.78 is 0. The molecule has 1 aromatic heterocycles. The van der Waals surface area contributed by atoms with E-state index in [1.54, 1.807) is 4.90 Å². The Bertz CT molecular complexity index is 549. The molecule has 1 aliphatic heterocycles. The van der Waals surface area contributed by atoms with Crippen LogP contribution in [0.4, 0.5) is 0 Å². The lowest BCUT2D eigenvalue weighted by molar-refractivity contribution is -0.127. The topological polar surface area (TPSA) is 65.2 Å². The number of piperazine rings is 1. The molecule has 2 atom stereocenters. The molecule has 0 radical (unpaired) electrons. The Morgan fingerprint density at radius 2 is 2.05 bits per heavy atom. The van der Waals surface area contributed by atoms with Gasteiger partial charge in [-0.2, -0.15) is 0 Å². The van der Waals surface area contributed by atoms with Crippen molar-refractivity contribution in [3.63, 3.8) is 0 Å². The maximum Gasteiger partial charge on any atom is 0.271 e. The summed E-state index contributed by atoms with van der Waals surface area (Å²) in [5.74, 6) is -0.0789. The fourth-order valence-corrected chi connectivity index (χ4v) is 3.49. The molecule has 2 aliphatic rings. The molecule has 2 N–H and O–H groups in total. The van der Waals surface area contributed by atoms with Gasteiger partial charge in [-0.3, -0.25) is 9.59 Å². The van der Waals surface area contributed by atoms with E-state index in [1.165, 1.54) is 0 Å². The van der Waals surface area contributed by atoms with Gasteiger partial charge in [-0.1, -0.05) is 12.8 Å². The summed E-state index contributed by atoms with van der Waals surface area (Å²) in [6.45, 7) is 4.05. The first kappa shape index (κ1) is 13.2. The number of amides is 2. The first-order chi connectivity index (χ1) is 9.56. The number of aryl methyl sites for hydroxylation is 2. The molecule has 1 saturated carbocycles. The van der Waals surface area contributed by atoms with Gasteiger partial charge in [0, 0.05) is 11.7 Å². The van der Waals surface area contributed by atoms with E-state index in [0.29, 0.717) is 5.69 Å². The lowest BCUT2D eigenvalue weighted by atomic mass is 9.87. The second-order valence-electron chi connectivity index (χ2n) is 5.97. The van der Waals surface area contributed by atoms with Crippen molar-refractivity contribution in [1.29, 1.82) is 0 Å². The average molecular weight is 275 g/mol. The van der Waals surface area contributed by atoms with Crippen LogP contribution in [-0.2, 0) is 4.79 Å². The number of rotatable bonds is 1. The molecular weight excluding hydrogens is 254 g/mol. The van der Waals surface area contributed by atoms with Gasteiger partial charge >= 0.3 is 0 Å². The SMILES string of the molecule is Cc1cc(C)c(C(=O)N2CC(=O)NC3CCCCC32)[nH]1. The van der Waals surface area contributed by atoms with E-state index in [-0.39, 0.29) is 30.4 Å². The van der Waals surface area contributed by atoms with Crippen LogP contribution in [0.1, 0.15) is 47.4 Å². The second-order valence-corrected chi connectivity index (χ2v) is 5.97. The van der Waals surface area contributed by atoms with Crippen LogP contribution in [0, 0.1) is 13.8 Å². The summed E-state index contributed by atoms with van der Waals surface area (Å²) >= 11 is 0. The van der Waals surface area contributed by atoms with Gasteiger partial charge in [-0.05, 0) is 38.3 Å². The molecule has 2 fully saturated rings. The highest BCUT2D eigenvalue weighted by Crippen LogP contribution is 2.27. The number of carbonyl (C=O) groups excluding carboxylic acids is 2. The molecule has 0 aromatic carbocycles. The van der Waals surface area contributed by atoms with E-state index in [2.05, 4.69) is 10.3 Å². The molecule has 0 bridgehead atoms. The number of aromatic nitrogens is 1. The Labute approximate surface area is 118 Å². The number of fused-ring (bicyclic) bond motifs is 1. The summed E-state index contributed by atoms with van der Waals surface area (Å²) in [7, 11) is 0. The van der Waals surface area contributed by atoms with Gasteiger partial charge < -0.3 is 15.2 Å². The van der Waals surface area contributed by atoms with E-state index in [0.717, 1.165) is 36.9 Å². The largest absolute Gasteiger partial charge is 0.354 e. The van der Waals surface area contributed by atoms with E-state index < -0.39 is 0 Å². The van der Waals surface area contributed by atoms with Gasteiger partial charge in [0.25, 0.3) is 5.91 Å². The first-order valence-electron chi connectivity index (χ1n) is 7.33. The lowest BCUT2D eigenvalue weighted by Gasteiger charge is -2.43. The number of H-pyrrole nitrogens is 1. The standard InChI is InChI=1S/C15H21N3O2/c1-9-7-10(2)16-14(9)15(20)18-8-13(19)17-11-5-3-4-6-12(11)18/h7,11-12,16H,3-6,8H2,1-2H3,(H,17,19). The molecule has 5 nitrogen and oxygen atoms in total. The van der Waals surface area contributed by atoms with Gasteiger partial charge in [-0.15, -0.1) is 0 Å². The number of hydrogen-bond donors (Lipinski definition) is 2. The van der Waals surface area contributed by atoms with Crippen LogP contribution in [0.2, 0.25) is 0 Å². The predicted octanol–water partition coefficient (Wildman–Crippen LogP) is 1.51. The van der Waals surface area contributed by atoms with Gasteiger partial charge in [0.2, 0.25) is 5.91 Å². The second kappa shape index (κ2) is 4.96. The first-order valence-corrected chi connectivity index (χ1v) is 7.33. The van der Waals surface area contributed by atoms with Crippen molar-refractivity contribution >= 4 is 11.8 Å². The summed E-state index contributed by atoms with van der Waals surface area (Å²) in [5, 5.41) is 3.03. The molecule has 108 valence electrons. The van der Waals surface area contributed by atoms with Gasteiger partial charge in [0.15, 0.2) is 0 Å². The van der Waals surface area contributed by atoms with Crippen LogP contribution in [-0.4, -0.2) is 40.3 Å². The Morgan fingerprint density at radius 3 is 2.75 bits per heavy atom. The van der Waals surface area contributed by atoms with E-state index >= 15 is 0 Å². The third kappa shape index (κ3) is 2.21. The van der Waals surface area contributed by atoms with E-state index in [1.807, 2.05) is 19.9 Å². The molecular formula is C15H21N3O2. The van der Waals surface area contributed by atoms with E-state index in [9.17, 15) is 9.59 Å². The maximum atomic E-state index is 12.7. The van der Waals surface area contributed by atoms with Crippen molar-refractivity contribution in [2.45, 2.75) is 51.6 Å². The van der Waals surface area contributed by atoms with Crippen molar-refractivity contribution in [3.05, 3.63) is 23.0 Å². The minimum absolute atomic E-state index is 0.0394. The van der Waals surface area contributed by atoms with E-state index in [4.69, 9.17) is 0 Å². The highest BCUT2D eigenvalue weighted by Gasteiger charge is 2.39. The smallest absolute Gasteiger partial charge is 0.271 e. The summed E-state index contributed by atoms with van der Waals surface area (Å²) in [5.41, 5.74) is 2.56. The molecule has 3 rings (SSSR count). The zero-order valence-corrected chi connectivity index (χ0v) is 12.0. The average Bonchev–Trinajstić information content (AvgIpc) is 2.76. The van der Waals surface area contributed by atoms with Gasteiger partial charge in [-0.25, -0.2) is 0 Å². The van der Waals surface area contributed by atoms with Crippen molar-refractivity contribution in [3.8, 4) is 0 Å². The highest BCUT2D eigenvalue weighted by molar-refractivity contribution is 5.97. The van der Waals surface area contributed by atoms with Crippen LogP contribution < -0.4 is 5.32 Å². The summed E-state index contributed by atoms with van der Waals surface area (Å²) in [4.78, 5) is 29.5. The van der Waals surface area contributed by atoms with Crippen LogP contribution in [0.15, 0.2) is 6.07 Å². The Kier molecular flexibility index (Phi) is 3.28. The number of nitrogens with zero attached hydrogens (tertiary/aromatic N) is 1. The summed E-state index contributed by atoms with van der Waals surface area (Å²) in [6.07, 6.45) is 4.21. The predicted molar refractivity (Wildman–Crippen MR) is 75.5 cm³/mol. The fourth-order valence-electron chi connectivity index (χ4n) is 3.49. The fraction of sp³-hybridized carbons (Fsp3) is 0.600. The molecule has 5 heteroatoms. The number of aromatic amines is 1. The third-order valence-electron chi connectivity index (χ3n) is 4.41. The van der Waals surface area contributed by atoms with Crippen LogP contribution in [0.25, 0.3) is 0 Å². The Hall–Kier alpha value is -1.78. The van der Waals surface area contributed by atoms with Crippen LogP contribution >= 0.6 is 0 Å². The number of hydrogen-bond acceptors (Lipinski definition) is 2. The lowest BCUT2D eigenvalue weighted by Crippen LogP contribution is -2.63. The molecule has 0 spiro atoms. The van der Waals surface area contributed by atoms with Crippen molar-refractivity contribution < 1.29 is 9.59 Å². The summed E-state index contributed by atoms with van der Waals surface area (Å²) in [6, 6.07) is 2.25.